The summed E-state index contributed by atoms with van der Waals surface area (Å²) < 4.78 is 11.8. The summed E-state index contributed by atoms with van der Waals surface area (Å²) in [5.41, 5.74) is 21.3. The fourth-order valence-electron chi connectivity index (χ4n) is 11.2. The van der Waals surface area contributed by atoms with Crippen molar-refractivity contribution in [3.63, 3.8) is 0 Å². The predicted octanol–water partition coefficient (Wildman–Crippen LogP) is 15.1. The summed E-state index contributed by atoms with van der Waals surface area (Å²) in [5.74, 6) is 0. The van der Waals surface area contributed by atoms with E-state index in [4.69, 9.17) is 4.42 Å². The molecule has 0 fully saturated rings. The Morgan fingerprint density at radius 1 is 0.547 bits per heavy atom. The first-order chi connectivity index (χ1) is 30.7. The first-order valence-electron chi connectivity index (χ1n) is 22.8. The van der Waals surface area contributed by atoms with E-state index < -0.39 is 0 Å². The number of thiophene rings is 1. The second kappa shape index (κ2) is 12.8. The van der Waals surface area contributed by atoms with Gasteiger partial charge in [0.15, 0.2) is 7.28 Å². The van der Waals surface area contributed by atoms with Gasteiger partial charge >= 0.3 is 0 Å². The third-order valence-electron chi connectivity index (χ3n) is 14.7. The molecule has 0 spiro atoms. The van der Waals surface area contributed by atoms with Gasteiger partial charge in [0.1, 0.15) is 11.2 Å². The highest BCUT2D eigenvalue weighted by Gasteiger charge is 2.38. The topological polar surface area (TPSA) is 30.1 Å². The molecule has 5 heteroatoms. The van der Waals surface area contributed by atoms with Gasteiger partial charge in [-0.1, -0.05) is 146 Å². The van der Waals surface area contributed by atoms with Crippen LogP contribution in [-0.4, -0.2) is 11.8 Å². The standard InChI is InChI=1S/C59H49BN2OS/c1-57(2,3)32-17-20-34(21-18-32)61-48-31-54-44(37-22-19-33(58(4,5)6)25-53(37)64-54)26-41(48)38-23-24-39-42-29-52-43(36-14-10-12-16-51(36)63-52)28-49(42)62-50-27-40-35-13-9-11-15-45(35)59(7,8)46(40)30-47(50)60-55(38)56(39)62/h9-31,60-61H,1-8H3. The number of hydrogen-bond acceptors (Lipinski definition) is 3. The third kappa shape index (κ3) is 5.34. The van der Waals surface area contributed by atoms with E-state index in [2.05, 4.69) is 205 Å². The number of aromatic nitrogens is 1. The van der Waals surface area contributed by atoms with E-state index in [0.29, 0.717) is 0 Å². The molecular formula is C59H49BN2OS. The number of benzene rings is 8. The maximum atomic E-state index is 6.56. The molecule has 4 heterocycles. The lowest BCUT2D eigenvalue weighted by molar-refractivity contribution is 0.590. The molecule has 310 valence electrons. The van der Waals surface area contributed by atoms with Crippen LogP contribution in [0.2, 0.25) is 0 Å². The van der Waals surface area contributed by atoms with E-state index in [9.17, 15) is 0 Å². The number of furan rings is 1. The minimum Gasteiger partial charge on any atom is -0.456 e. The molecule has 2 aliphatic rings. The first kappa shape index (κ1) is 38.0. The van der Waals surface area contributed by atoms with Crippen molar-refractivity contribution in [1.82, 2.24) is 4.57 Å². The largest absolute Gasteiger partial charge is 0.456 e. The van der Waals surface area contributed by atoms with Gasteiger partial charge in [-0.25, -0.2) is 0 Å². The van der Waals surface area contributed by atoms with Crippen molar-refractivity contribution in [2.75, 3.05) is 5.32 Å². The number of nitrogens with zero attached hydrogens (tertiary/aromatic N) is 1. The van der Waals surface area contributed by atoms with Gasteiger partial charge in [0.25, 0.3) is 0 Å². The Morgan fingerprint density at radius 3 is 2.09 bits per heavy atom. The van der Waals surface area contributed by atoms with Gasteiger partial charge < -0.3 is 14.3 Å². The molecular weight excluding hydrogens is 796 g/mol. The van der Waals surface area contributed by atoms with Gasteiger partial charge in [-0.3, -0.25) is 0 Å². The fourth-order valence-corrected chi connectivity index (χ4v) is 12.4. The quantitative estimate of drug-likeness (QED) is 0.180. The molecule has 0 amide bonds. The summed E-state index contributed by atoms with van der Waals surface area (Å²) in [6.07, 6.45) is 0. The minimum absolute atomic E-state index is 0.0715. The Hall–Kier alpha value is -6.56. The molecule has 11 aromatic rings. The number of nitrogens with one attached hydrogen (secondary N) is 1. The molecule has 0 bridgehead atoms. The van der Waals surface area contributed by atoms with Crippen LogP contribution >= 0.6 is 11.3 Å². The minimum atomic E-state index is -0.103. The van der Waals surface area contributed by atoms with Gasteiger partial charge in [0.05, 0.1) is 5.52 Å². The van der Waals surface area contributed by atoms with Gasteiger partial charge in [-0.2, -0.15) is 0 Å². The normalized spacial score (nSPS) is 14.2. The Balaban J connectivity index is 1.10. The van der Waals surface area contributed by atoms with Crippen LogP contribution in [0.15, 0.2) is 144 Å². The second-order valence-electron chi connectivity index (χ2n) is 21.1. The second-order valence-corrected chi connectivity index (χ2v) is 22.2. The van der Waals surface area contributed by atoms with Crippen LogP contribution in [0.3, 0.4) is 0 Å². The number of para-hydroxylation sites is 1. The molecule has 3 nitrogen and oxygen atoms in total. The van der Waals surface area contributed by atoms with Crippen molar-refractivity contribution in [3.8, 4) is 27.9 Å². The zero-order valence-corrected chi connectivity index (χ0v) is 38.6. The maximum absolute atomic E-state index is 6.56. The monoisotopic (exact) mass is 844 g/mol. The number of hydrogen-bond donors (Lipinski definition) is 1. The van der Waals surface area contributed by atoms with Crippen molar-refractivity contribution in [2.24, 2.45) is 0 Å². The Bertz CT molecular complexity index is 3830. The van der Waals surface area contributed by atoms with Crippen LogP contribution in [0.1, 0.15) is 77.6 Å². The molecule has 0 radical (unpaired) electrons. The van der Waals surface area contributed by atoms with Crippen molar-refractivity contribution >= 4 is 105 Å². The summed E-state index contributed by atoms with van der Waals surface area (Å²) in [7, 11) is 0.828. The highest BCUT2D eigenvalue weighted by molar-refractivity contribution is 7.25. The van der Waals surface area contributed by atoms with Crippen molar-refractivity contribution in [1.29, 1.82) is 0 Å². The highest BCUT2D eigenvalue weighted by Crippen LogP contribution is 2.50. The van der Waals surface area contributed by atoms with Gasteiger partial charge in [-0.15, -0.1) is 11.3 Å². The van der Waals surface area contributed by atoms with Crippen LogP contribution < -0.4 is 16.2 Å². The third-order valence-corrected chi connectivity index (χ3v) is 15.8. The SMILES string of the molecule is CC(C)(C)c1ccc(Nc2cc3sc4cc(C(C)(C)C)ccc4c3cc2-c2ccc3c4cc5oc6ccccc6c5cc4n4c3c2Bc2cc3c(cc2-4)-c2ccccc2C3(C)C)cc1. The maximum Gasteiger partial charge on any atom is 0.198 e. The Kier molecular flexibility index (Phi) is 7.59. The van der Waals surface area contributed by atoms with E-state index in [1.165, 1.54) is 103 Å². The van der Waals surface area contributed by atoms with E-state index in [1.54, 1.807) is 0 Å². The fraction of sp³-hybridized carbons (Fsp3) is 0.186. The summed E-state index contributed by atoms with van der Waals surface area (Å²) in [5, 5.41) is 11.4. The zero-order chi connectivity index (χ0) is 43.6. The van der Waals surface area contributed by atoms with Crippen molar-refractivity contribution in [3.05, 3.63) is 162 Å². The lowest BCUT2D eigenvalue weighted by Gasteiger charge is -2.27. The van der Waals surface area contributed by atoms with Crippen LogP contribution in [-0.2, 0) is 16.2 Å². The molecule has 0 atom stereocenters. The molecule has 0 unspecified atom stereocenters. The van der Waals surface area contributed by atoms with Gasteiger partial charge in [0.2, 0.25) is 0 Å². The number of anilines is 2. The van der Waals surface area contributed by atoms with E-state index in [1.807, 2.05) is 11.3 Å². The molecule has 1 aliphatic carbocycles. The average molecular weight is 845 g/mol. The Labute approximate surface area is 378 Å². The molecule has 1 aliphatic heterocycles. The zero-order valence-electron chi connectivity index (χ0n) is 37.7. The van der Waals surface area contributed by atoms with Gasteiger partial charge in [-0.05, 0) is 110 Å². The highest BCUT2D eigenvalue weighted by atomic mass is 32.1. The molecule has 3 aromatic heterocycles. The van der Waals surface area contributed by atoms with E-state index in [-0.39, 0.29) is 16.2 Å². The van der Waals surface area contributed by atoms with Crippen LogP contribution in [0.5, 0.6) is 0 Å². The summed E-state index contributed by atoms with van der Waals surface area (Å²) in [6, 6.07) is 53.1. The summed E-state index contributed by atoms with van der Waals surface area (Å²) in [6.45, 7) is 18.5. The van der Waals surface area contributed by atoms with Crippen LogP contribution in [0.4, 0.5) is 11.4 Å². The molecule has 8 aromatic carbocycles. The lowest BCUT2D eigenvalue weighted by Crippen LogP contribution is -2.38. The van der Waals surface area contributed by atoms with Crippen LogP contribution in [0, 0.1) is 0 Å². The summed E-state index contributed by atoms with van der Waals surface area (Å²) >= 11 is 1.90. The summed E-state index contributed by atoms with van der Waals surface area (Å²) in [4.78, 5) is 0. The number of fused-ring (bicyclic) bond motifs is 14. The number of rotatable bonds is 3. The first-order valence-corrected chi connectivity index (χ1v) is 23.6. The van der Waals surface area contributed by atoms with E-state index in [0.717, 1.165) is 40.6 Å². The molecule has 0 saturated heterocycles. The van der Waals surface area contributed by atoms with Crippen molar-refractivity contribution in [2.45, 2.75) is 71.6 Å². The molecule has 0 saturated carbocycles. The van der Waals surface area contributed by atoms with Crippen LogP contribution in [0.25, 0.3) is 91.9 Å². The Morgan fingerprint density at radius 2 is 1.28 bits per heavy atom. The smallest absolute Gasteiger partial charge is 0.198 e. The molecule has 64 heavy (non-hydrogen) atoms. The predicted molar refractivity (Wildman–Crippen MR) is 277 cm³/mol. The average Bonchev–Trinajstić information content (AvgIpc) is 3.98. The van der Waals surface area contributed by atoms with Crippen molar-refractivity contribution < 1.29 is 4.42 Å². The lowest BCUT2D eigenvalue weighted by atomic mass is 9.58. The van der Waals surface area contributed by atoms with Gasteiger partial charge in [0, 0.05) is 75.3 Å². The molecule has 13 rings (SSSR count). The van der Waals surface area contributed by atoms with E-state index >= 15 is 0 Å². The molecule has 1 N–H and O–H groups in total.